The lowest BCUT2D eigenvalue weighted by atomic mass is 10.1. The number of rotatable bonds is 4. The Morgan fingerprint density at radius 1 is 1.50 bits per heavy atom. The Morgan fingerprint density at radius 2 is 2.19 bits per heavy atom. The van der Waals surface area contributed by atoms with Crippen LogP contribution in [-0.4, -0.2) is 36.5 Å². The second-order valence-electron chi connectivity index (χ2n) is 4.37. The van der Waals surface area contributed by atoms with Crippen molar-refractivity contribution in [2.45, 2.75) is 30.6 Å². The largest absolute Gasteiger partial charge is 0.284 e. The van der Waals surface area contributed by atoms with Gasteiger partial charge in [-0.2, -0.15) is 5.10 Å². The molecule has 16 heavy (non-hydrogen) atoms. The zero-order valence-corrected chi connectivity index (χ0v) is 10.2. The average Bonchev–Trinajstić information content (AvgIpc) is 2.89. The first-order valence-electron chi connectivity index (χ1n) is 5.56. The minimum Gasteiger partial charge on any atom is -0.284 e. The quantitative estimate of drug-likeness (QED) is 0.864. The number of H-pyrrole nitrogens is 1. The number of aromatic nitrogens is 2. The third kappa shape index (κ3) is 2.27. The van der Waals surface area contributed by atoms with Gasteiger partial charge in [0.2, 0.25) is 10.0 Å². The van der Waals surface area contributed by atoms with E-state index in [9.17, 15) is 8.42 Å². The molecule has 1 aromatic rings. The summed E-state index contributed by atoms with van der Waals surface area (Å²) in [4.78, 5) is 0.244. The standard InChI is InChI=1S/C10H17N3O2S/c1-13(8-9-4-2-3-5-9)16(14,15)10-6-11-12-7-10/h6-7,9H,2-5,8H2,1H3,(H,11,12). The van der Waals surface area contributed by atoms with Crippen molar-refractivity contribution in [1.29, 1.82) is 0 Å². The summed E-state index contributed by atoms with van der Waals surface area (Å²) in [5.74, 6) is 0.520. The smallest absolute Gasteiger partial charge is 0.245 e. The summed E-state index contributed by atoms with van der Waals surface area (Å²) >= 11 is 0. The zero-order chi connectivity index (χ0) is 11.6. The molecule has 0 spiro atoms. The highest BCUT2D eigenvalue weighted by molar-refractivity contribution is 7.89. The van der Waals surface area contributed by atoms with Crippen LogP contribution in [0.1, 0.15) is 25.7 Å². The number of nitrogens with one attached hydrogen (secondary N) is 1. The maximum Gasteiger partial charge on any atom is 0.245 e. The van der Waals surface area contributed by atoms with Crippen LogP contribution in [0.25, 0.3) is 0 Å². The fourth-order valence-electron chi connectivity index (χ4n) is 2.21. The number of aromatic amines is 1. The number of nitrogens with zero attached hydrogens (tertiary/aromatic N) is 2. The van der Waals surface area contributed by atoms with E-state index in [1.165, 1.54) is 29.5 Å². The SMILES string of the molecule is CN(CC1CCCC1)S(=O)(=O)c1cn[nH]c1. The van der Waals surface area contributed by atoms with Crippen LogP contribution in [-0.2, 0) is 10.0 Å². The molecule has 0 bridgehead atoms. The molecule has 0 radical (unpaired) electrons. The van der Waals surface area contributed by atoms with Crippen molar-refractivity contribution in [3.05, 3.63) is 12.4 Å². The maximum absolute atomic E-state index is 12.0. The van der Waals surface area contributed by atoms with Gasteiger partial charge in [-0.25, -0.2) is 12.7 Å². The van der Waals surface area contributed by atoms with E-state index in [0.29, 0.717) is 12.5 Å². The van der Waals surface area contributed by atoms with Crippen LogP contribution in [0, 0.1) is 5.92 Å². The molecule has 1 fully saturated rings. The van der Waals surface area contributed by atoms with E-state index in [1.807, 2.05) is 0 Å². The molecule has 0 atom stereocenters. The van der Waals surface area contributed by atoms with Crippen LogP contribution >= 0.6 is 0 Å². The van der Waals surface area contributed by atoms with Crippen LogP contribution in [0.2, 0.25) is 0 Å². The number of hydrogen-bond acceptors (Lipinski definition) is 3. The van der Waals surface area contributed by atoms with Crippen molar-refractivity contribution < 1.29 is 8.42 Å². The second kappa shape index (κ2) is 4.55. The topological polar surface area (TPSA) is 66.1 Å². The average molecular weight is 243 g/mol. The summed E-state index contributed by atoms with van der Waals surface area (Å²) in [6.45, 7) is 0.619. The minimum absolute atomic E-state index is 0.244. The molecule has 5 nitrogen and oxygen atoms in total. The summed E-state index contributed by atoms with van der Waals surface area (Å²) in [5, 5.41) is 6.20. The molecule has 1 N–H and O–H groups in total. The summed E-state index contributed by atoms with van der Waals surface area (Å²) in [6.07, 6.45) is 7.51. The molecule has 1 heterocycles. The molecule has 1 aliphatic carbocycles. The van der Waals surface area contributed by atoms with Gasteiger partial charge < -0.3 is 0 Å². The molecule has 0 aromatic carbocycles. The highest BCUT2D eigenvalue weighted by Crippen LogP contribution is 2.26. The molecule has 1 saturated carbocycles. The first-order valence-corrected chi connectivity index (χ1v) is 7.00. The Hall–Kier alpha value is -0.880. The van der Waals surface area contributed by atoms with Crippen LogP contribution < -0.4 is 0 Å². The van der Waals surface area contributed by atoms with Crippen molar-refractivity contribution in [1.82, 2.24) is 14.5 Å². The van der Waals surface area contributed by atoms with Crippen molar-refractivity contribution in [2.24, 2.45) is 5.92 Å². The summed E-state index contributed by atoms with van der Waals surface area (Å²) in [7, 11) is -1.70. The van der Waals surface area contributed by atoms with Gasteiger partial charge in [0.25, 0.3) is 0 Å². The van der Waals surface area contributed by atoms with Gasteiger partial charge in [-0.3, -0.25) is 5.10 Å². The number of hydrogen-bond donors (Lipinski definition) is 1. The molecule has 0 amide bonds. The van der Waals surface area contributed by atoms with Gasteiger partial charge in [-0.1, -0.05) is 12.8 Å². The lowest BCUT2D eigenvalue weighted by Gasteiger charge is -2.19. The Labute approximate surface area is 95.9 Å². The molecule has 0 saturated heterocycles. The van der Waals surface area contributed by atoms with E-state index in [0.717, 1.165) is 12.8 Å². The van der Waals surface area contributed by atoms with Crippen molar-refractivity contribution in [2.75, 3.05) is 13.6 Å². The van der Waals surface area contributed by atoms with E-state index in [-0.39, 0.29) is 4.90 Å². The van der Waals surface area contributed by atoms with Crippen molar-refractivity contribution >= 4 is 10.0 Å². The predicted octanol–water partition coefficient (Wildman–Crippen LogP) is 1.22. The van der Waals surface area contributed by atoms with Gasteiger partial charge in [0.1, 0.15) is 4.90 Å². The fourth-order valence-corrected chi connectivity index (χ4v) is 3.37. The predicted molar refractivity (Wildman–Crippen MR) is 60.4 cm³/mol. The van der Waals surface area contributed by atoms with Crippen molar-refractivity contribution in [3.63, 3.8) is 0 Å². The van der Waals surface area contributed by atoms with Crippen LogP contribution in [0.5, 0.6) is 0 Å². The molecular formula is C10H17N3O2S. The Bertz CT molecular complexity index is 421. The highest BCUT2D eigenvalue weighted by atomic mass is 32.2. The lowest BCUT2D eigenvalue weighted by Crippen LogP contribution is -2.31. The van der Waals surface area contributed by atoms with E-state index >= 15 is 0 Å². The van der Waals surface area contributed by atoms with Crippen LogP contribution in [0.4, 0.5) is 0 Å². The van der Waals surface area contributed by atoms with Crippen molar-refractivity contribution in [3.8, 4) is 0 Å². The van der Waals surface area contributed by atoms with Crippen LogP contribution in [0.3, 0.4) is 0 Å². The van der Waals surface area contributed by atoms with E-state index in [4.69, 9.17) is 0 Å². The Kier molecular flexibility index (Phi) is 3.30. The third-order valence-electron chi connectivity index (χ3n) is 3.17. The zero-order valence-electron chi connectivity index (χ0n) is 9.39. The fraction of sp³-hybridized carbons (Fsp3) is 0.700. The van der Waals surface area contributed by atoms with Gasteiger partial charge >= 0.3 is 0 Å². The normalized spacial score (nSPS) is 18.4. The molecule has 1 aliphatic rings. The van der Waals surface area contributed by atoms with E-state index in [2.05, 4.69) is 10.2 Å². The summed E-state index contributed by atoms with van der Waals surface area (Å²) in [5.41, 5.74) is 0. The maximum atomic E-state index is 12.0. The number of sulfonamides is 1. The second-order valence-corrected chi connectivity index (χ2v) is 6.41. The van der Waals surface area contributed by atoms with Gasteiger partial charge in [-0.15, -0.1) is 0 Å². The Morgan fingerprint density at radius 3 is 2.75 bits per heavy atom. The lowest BCUT2D eigenvalue weighted by molar-refractivity contribution is 0.387. The molecule has 90 valence electrons. The molecule has 1 aromatic heterocycles. The molecule has 0 unspecified atom stereocenters. The van der Waals surface area contributed by atoms with Gasteiger partial charge in [0.05, 0.1) is 6.20 Å². The monoisotopic (exact) mass is 243 g/mol. The Balaban J connectivity index is 2.06. The van der Waals surface area contributed by atoms with Gasteiger partial charge in [0.15, 0.2) is 0 Å². The third-order valence-corrected chi connectivity index (χ3v) is 4.96. The minimum atomic E-state index is -3.34. The molecule has 2 rings (SSSR count). The molecule has 6 heteroatoms. The highest BCUT2D eigenvalue weighted by Gasteiger charge is 2.25. The molecule has 0 aliphatic heterocycles. The van der Waals surface area contributed by atoms with E-state index in [1.54, 1.807) is 7.05 Å². The first kappa shape index (κ1) is 11.6. The summed E-state index contributed by atoms with van der Waals surface area (Å²) in [6, 6.07) is 0. The first-order chi connectivity index (χ1) is 7.60. The van der Waals surface area contributed by atoms with Crippen LogP contribution in [0.15, 0.2) is 17.3 Å². The molecular weight excluding hydrogens is 226 g/mol. The van der Waals surface area contributed by atoms with E-state index < -0.39 is 10.0 Å². The summed E-state index contributed by atoms with van der Waals surface area (Å²) < 4.78 is 25.5. The van der Waals surface area contributed by atoms with Gasteiger partial charge in [-0.05, 0) is 18.8 Å². The van der Waals surface area contributed by atoms with Gasteiger partial charge in [0, 0.05) is 19.8 Å².